The number of carbonyl (C=O) groups is 4. The topological polar surface area (TPSA) is 237 Å². The minimum absolute atomic E-state index is 0.0953. The van der Waals surface area contributed by atoms with Crippen LogP contribution in [0.5, 0.6) is 0 Å². The molecule has 0 aromatic heterocycles. The number of unbranched alkanes of at least 4 members (excludes halogenated alkanes) is 53. The van der Waals surface area contributed by atoms with Gasteiger partial charge in [-0.1, -0.05) is 361 Å². The average molecular weight is 1460 g/mol. The number of allylic oxidation sites excluding steroid dienone is 2. The van der Waals surface area contributed by atoms with Gasteiger partial charge in [-0.15, -0.1) is 0 Å². The molecule has 0 spiro atoms. The van der Waals surface area contributed by atoms with Gasteiger partial charge in [0.05, 0.1) is 26.4 Å². The van der Waals surface area contributed by atoms with Crippen molar-refractivity contribution in [3.05, 3.63) is 12.2 Å². The van der Waals surface area contributed by atoms with Gasteiger partial charge in [-0.2, -0.15) is 0 Å². The fourth-order valence-electron chi connectivity index (χ4n) is 12.3. The van der Waals surface area contributed by atoms with Crippen LogP contribution in [-0.4, -0.2) is 96.7 Å². The Bertz CT molecular complexity index is 1940. The van der Waals surface area contributed by atoms with Crippen molar-refractivity contribution in [1.82, 2.24) is 0 Å². The Hall–Kier alpha value is -2.20. The molecule has 0 aromatic rings. The van der Waals surface area contributed by atoms with E-state index in [-0.39, 0.29) is 25.7 Å². The van der Waals surface area contributed by atoms with E-state index >= 15 is 0 Å². The zero-order chi connectivity index (χ0) is 73.2. The van der Waals surface area contributed by atoms with Gasteiger partial charge in [0.1, 0.15) is 19.3 Å². The summed E-state index contributed by atoms with van der Waals surface area (Å²) in [6, 6.07) is 0. The van der Waals surface area contributed by atoms with Gasteiger partial charge >= 0.3 is 39.5 Å². The molecule has 0 heterocycles. The van der Waals surface area contributed by atoms with Crippen molar-refractivity contribution >= 4 is 39.5 Å². The average Bonchev–Trinajstić information content (AvgIpc) is 0.928. The standard InChI is InChI=1S/C81H156O17P2/c1-5-9-13-17-21-25-29-33-36-37-40-43-46-50-54-58-62-66-79(84)92-71-76(97-80(85)67-63-59-55-51-47-41-32-28-24-20-16-12-8-4)73-95-99(87,88)93-69-75(82)70-94-100(89,90)96-74-77(98-81(86)68-64-60-56-52-48-44-39-35-31-27-23-19-15-11-7-3)72-91-78(83)65-61-57-53-49-45-42-38-34-30-26-22-18-14-10-6-2/h35,39,75-77,82H,5-34,36-38,40-74H2,1-4H3,(H,87,88)(H,89,90)/b39-35-/t75-,76-,77-/m1/s1. The highest BCUT2D eigenvalue weighted by atomic mass is 31.2. The maximum atomic E-state index is 13.1. The molecule has 592 valence electrons. The molecule has 0 rings (SSSR count). The molecule has 0 saturated carbocycles. The molecule has 0 fully saturated rings. The molecule has 0 aliphatic heterocycles. The maximum Gasteiger partial charge on any atom is 0.472 e. The normalized spacial score (nSPS) is 13.9. The third-order valence-corrected chi connectivity index (χ3v) is 20.7. The van der Waals surface area contributed by atoms with Crippen molar-refractivity contribution in [3.8, 4) is 0 Å². The molecule has 19 heteroatoms. The number of hydrogen-bond acceptors (Lipinski definition) is 15. The first-order valence-electron chi connectivity index (χ1n) is 41.9. The van der Waals surface area contributed by atoms with Crippen molar-refractivity contribution in [2.75, 3.05) is 39.6 Å². The summed E-state index contributed by atoms with van der Waals surface area (Å²) >= 11 is 0. The van der Waals surface area contributed by atoms with Crippen molar-refractivity contribution < 1.29 is 80.2 Å². The van der Waals surface area contributed by atoms with Crippen LogP contribution in [0.3, 0.4) is 0 Å². The predicted molar refractivity (Wildman–Crippen MR) is 409 cm³/mol. The molecular weight excluding hydrogens is 1310 g/mol. The van der Waals surface area contributed by atoms with Crippen molar-refractivity contribution in [3.63, 3.8) is 0 Å². The Kier molecular flexibility index (Phi) is 73.4. The van der Waals surface area contributed by atoms with Crippen LogP contribution in [0.1, 0.15) is 426 Å². The summed E-state index contributed by atoms with van der Waals surface area (Å²) < 4.78 is 68.7. The number of carbonyl (C=O) groups excluding carboxylic acids is 4. The highest BCUT2D eigenvalue weighted by molar-refractivity contribution is 7.47. The van der Waals surface area contributed by atoms with Crippen molar-refractivity contribution in [2.45, 2.75) is 444 Å². The largest absolute Gasteiger partial charge is 0.472 e. The fourth-order valence-corrected chi connectivity index (χ4v) is 13.9. The third-order valence-electron chi connectivity index (χ3n) is 18.8. The van der Waals surface area contributed by atoms with E-state index in [0.29, 0.717) is 25.7 Å². The van der Waals surface area contributed by atoms with Crippen LogP contribution >= 0.6 is 15.6 Å². The summed E-state index contributed by atoms with van der Waals surface area (Å²) in [5, 5.41) is 10.6. The number of rotatable bonds is 81. The highest BCUT2D eigenvalue weighted by Crippen LogP contribution is 2.45. The van der Waals surface area contributed by atoms with Gasteiger partial charge in [0, 0.05) is 25.7 Å². The van der Waals surface area contributed by atoms with Gasteiger partial charge in [0.2, 0.25) is 0 Å². The molecule has 0 bridgehead atoms. The fraction of sp³-hybridized carbons (Fsp3) is 0.926. The van der Waals surface area contributed by atoms with Gasteiger partial charge in [0.15, 0.2) is 12.2 Å². The monoisotopic (exact) mass is 1460 g/mol. The predicted octanol–water partition coefficient (Wildman–Crippen LogP) is 24.3. The van der Waals surface area contributed by atoms with Crippen LogP contribution in [0.2, 0.25) is 0 Å². The number of aliphatic hydroxyl groups excluding tert-OH is 1. The van der Waals surface area contributed by atoms with Crippen LogP contribution in [0.4, 0.5) is 0 Å². The van der Waals surface area contributed by atoms with Gasteiger partial charge in [-0.3, -0.25) is 37.3 Å². The molecule has 0 aliphatic carbocycles. The molecule has 0 saturated heterocycles. The number of ether oxygens (including phenoxy) is 4. The van der Waals surface area contributed by atoms with Gasteiger partial charge in [-0.05, 0) is 51.4 Å². The lowest BCUT2D eigenvalue weighted by molar-refractivity contribution is -0.161. The van der Waals surface area contributed by atoms with E-state index in [9.17, 15) is 43.2 Å². The molecule has 3 N–H and O–H groups in total. The molecule has 5 atom stereocenters. The first-order valence-corrected chi connectivity index (χ1v) is 44.9. The summed E-state index contributed by atoms with van der Waals surface area (Å²) in [6.45, 7) is 5.01. The second-order valence-electron chi connectivity index (χ2n) is 28.8. The Morgan fingerprint density at radius 3 is 0.690 bits per heavy atom. The molecule has 0 aromatic carbocycles. The highest BCUT2D eigenvalue weighted by Gasteiger charge is 2.30. The number of aliphatic hydroxyl groups is 1. The number of hydrogen-bond donors (Lipinski definition) is 3. The summed E-state index contributed by atoms with van der Waals surface area (Å²) in [6.07, 6.45) is 68.9. The summed E-state index contributed by atoms with van der Waals surface area (Å²) in [5.74, 6) is -2.12. The lowest BCUT2D eigenvalue weighted by atomic mass is 10.0. The van der Waals surface area contributed by atoms with E-state index < -0.39 is 97.5 Å². The SMILES string of the molecule is CCCCCCCC/C=C\CCCCCCCC(=O)O[C@H](COC(=O)CCCCCCCCCCCCCCCCC)COP(=O)(O)OC[C@H](O)COP(=O)(O)OC[C@@H](COC(=O)CCCCCCCCCCCCCCCCCCC)OC(=O)CCCCCCCCCCCCCCC. The van der Waals surface area contributed by atoms with E-state index in [2.05, 4.69) is 39.8 Å². The first kappa shape index (κ1) is 97.8. The van der Waals surface area contributed by atoms with Crippen LogP contribution < -0.4 is 0 Å². The van der Waals surface area contributed by atoms with Gasteiger partial charge in [-0.25, -0.2) is 9.13 Å². The Morgan fingerprint density at radius 2 is 0.460 bits per heavy atom. The lowest BCUT2D eigenvalue weighted by Crippen LogP contribution is -2.30. The quantitative estimate of drug-likeness (QED) is 0.0169. The van der Waals surface area contributed by atoms with Crippen LogP contribution in [0.15, 0.2) is 12.2 Å². The number of phosphoric acid groups is 2. The van der Waals surface area contributed by atoms with Crippen LogP contribution in [-0.2, 0) is 65.4 Å². The molecule has 0 aliphatic rings. The maximum absolute atomic E-state index is 13.1. The van der Waals surface area contributed by atoms with Crippen LogP contribution in [0.25, 0.3) is 0 Å². The molecule has 17 nitrogen and oxygen atoms in total. The van der Waals surface area contributed by atoms with Crippen molar-refractivity contribution in [1.29, 1.82) is 0 Å². The van der Waals surface area contributed by atoms with Crippen molar-refractivity contribution in [2.24, 2.45) is 0 Å². The second kappa shape index (κ2) is 75.0. The number of phosphoric ester groups is 2. The van der Waals surface area contributed by atoms with E-state index in [1.807, 2.05) is 0 Å². The molecule has 0 amide bonds. The summed E-state index contributed by atoms with van der Waals surface area (Å²) in [5.41, 5.74) is 0. The van der Waals surface area contributed by atoms with E-state index in [0.717, 1.165) is 103 Å². The van der Waals surface area contributed by atoms with E-state index in [4.69, 9.17) is 37.0 Å². The Morgan fingerprint density at radius 1 is 0.270 bits per heavy atom. The number of esters is 4. The van der Waals surface area contributed by atoms with Gasteiger partial charge < -0.3 is 33.8 Å². The minimum Gasteiger partial charge on any atom is -0.462 e. The Labute approximate surface area is 612 Å². The first-order chi connectivity index (χ1) is 48.7. The Balaban J connectivity index is 5.27. The minimum atomic E-state index is -4.96. The molecule has 100 heavy (non-hydrogen) atoms. The summed E-state index contributed by atoms with van der Waals surface area (Å²) in [4.78, 5) is 73.1. The van der Waals surface area contributed by atoms with E-state index in [1.54, 1.807) is 0 Å². The van der Waals surface area contributed by atoms with Gasteiger partial charge in [0.25, 0.3) is 0 Å². The second-order valence-corrected chi connectivity index (χ2v) is 31.7. The smallest absolute Gasteiger partial charge is 0.462 e. The molecular formula is C81H156O17P2. The zero-order valence-corrected chi connectivity index (χ0v) is 66.7. The molecule has 0 radical (unpaired) electrons. The van der Waals surface area contributed by atoms with E-state index in [1.165, 1.54) is 244 Å². The zero-order valence-electron chi connectivity index (χ0n) is 64.9. The third kappa shape index (κ3) is 74.1. The lowest BCUT2D eigenvalue weighted by Gasteiger charge is -2.21. The van der Waals surface area contributed by atoms with Crippen LogP contribution in [0, 0.1) is 0 Å². The molecule has 2 unspecified atom stereocenters. The summed E-state index contributed by atoms with van der Waals surface area (Å²) in [7, 11) is -9.93.